The van der Waals surface area contributed by atoms with Gasteiger partial charge in [-0.2, -0.15) is 0 Å². The van der Waals surface area contributed by atoms with Crippen LogP contribution in [0.1, 0.15) is 12.0 Å². The number of halogens is 2. The minimum absolute atomic E-state index is 0.117. The first kappa shape index (κ1) is 20.3. The molecule has 0 radical (unpaired) electrons. The zero-order valence-electron chi connectivity index (χ0n) is 15.8. The maximum atomic E-state index is 13.4. The molecule has 2 aromatic rings. The fourth-order valence-corrected chi connectivity index (χ4v) is 3.18. The van der Waals surface area contributed by atoms with Crippen molar-refractivity contribution in [3.8, 4) is 0 Å². The Morgan fingerprint density at radius 2 is 1.90 bits per heavy atom. The third-order valence-electron chi connectivity index (χ3n) is 4.43. The van der Waals surface area contributed by atoms with E-state index >= 15 is 0 Å². The minimum atomic E-state index is -0.671. The number of carbonyl (C=O) groups is 2. The molecule has 29 heavy (non-hydrogen) atoms. The minimum Gasteiger partial charge on any atom is -0.334 e. The standard InChI is InChI=1S/C21H22F2N4O2/c1-2-7-24-20(28)25-18-5-3-6-19(13-18)27-9-4-8-26(21(27)29)14-15-10-16(22)12-17(23)11-15/h2-3,5-6,10-13H,1,4,7-9,14H2,(H2,24,25,28). The predicted molar refractivity (Wildman–Crippen MR) is 108 cm³/mol. The summed E-state index contributed by atoms with van der Waals surface area (Å²) in [5.74, 6) is -1.34. The van der Waals surface area contributed by atoms with Crippen molar-refractivity contribution in [1.82, 2.24) is 10.2 Å². The quantitative estimate of drug-likeness (QED) is 0.717. The van der Waals surface area contributed by atoms with Gasteiger partial charge in [0.05, 0.1) is 0 Å². The molecule has 1 heterocycles. The first-order valence-corrected chi connectivity index (χ1v) is 9.23. The number of rotatable bonds is 6. The van der Waals surface area contributed by atoms with Crippen molar-refractivity contribution in [2.75, 3.05) is 29.9 Å². The highest BCUT2D eigenvalue weighted by atomic mass is 19.1. The molecule has 8 heteroatoms. The molecule has 0 saturated carbocycles. The van der Waals surface area contributed by atoms with Crippen LogP contribution in [-0.4, -0.2) is 36.6 Å². The number of benzene rings is 2. The lowest BCUT2D eigenvalue weighted by atomic mass is 10.1. The normalized spacial score (nSPS) is 13.9. The number of urea groups is 2. The van der Waals surface area contributed by atoms with Crippen LogP contribution in [0.4, 0.5) is 29.7 Å². The van der Waals surface area contributed by atoms with E-state index in [9.17, 15) is 18.4 Å². The molecule has 2 N–H and O–H groups in total. The molecule has 1 aliphatic heterocycles. The molecular weight excluding hydrogens is 378 g/mol. The maximum Gasteiger partial charge on any atom is 0.324 e. The number of nitrogens with zero attached hydrogens (tertiary/aromatic N) is 2. The Balaban J connectivity index is 1.72. The average Bonchev–Trinajstić information content (AvgIpc) is 2.67. The van der Waals surface area contributed by atoms with Gasteiger partial charge in [0.25, 0.3) is 0 Å². The van der Waals surface area contributed by atoms with E-state index in [0.717, 1.165) is 6.07 Å². The molecule has 0 spiro atoms. The second-order valence-electron chi connectivity index (χ2n) is 6.66. The van der Waals surface area contributed by atoms with E-state index in [0.29, 0.717) is 43.0 Å². The number of hydrogen-bond donors (Lipinski definition) is 2. The third-order valence-corrected chi connectivity index (χ3v) is 4.43. The molecule has 0 unspecified atom stereocenters. The highest BCUT2D eigenvalue weighted by molar-refractivity contribution is 5.95. The van der Waals surface area contributed by atoms with Crippen LogP contribution >= 0.6 is 0 Å². The molecule has 3 rings (SSSR count). The molecule has 1 fully saturated rings. The Morgan fingerprint density at radius 3 is 2.62 bits per heavy atom. The lowest BCUT2D eigenvalue weighted by molar-refractivity contribution is 0.192. The van der Waals surface area contributed by atoms with Crippen molar-refractivity contribution in [3.05, 3.63) is 72.3 Å². The van der Waals surface area contributed by atoms with Crippen molar-refractivity contribution in [3.63, 3.8) is 0 Å². The first-order chi connectivity index (χ1) is 14.0. The molecule has 4 amide bonds. The van der Waals surface area contributed by atoms with Crippen LogP contribution < -0.4 is 15.5 Å². The van der Waals surface area contributed by atoms with Gasteiger partial charge in [0.1, 0.15) is 11.6 Å². The van der Waals surface area contributed by atoms with Gasteiger partial charge in [-0.3, -0.25) is 4.90 Å². The van der Waals surface area contributed by atoms with Crippen LogP contribution in [0.2, 0.25) is 0 Å². The van der Waals surface area contributed by atoms with Gasteiger partial charge < -0.3 is 15.5 Å². The summed E-state index contributed by atoms with van der Waals surface area (Å²) in [7, 11) is 0. The number of nitrogens with one attached hydrogen (secondary N) is 2. The Hall–Kier alpha value is -3.42. The van der Waals surface area contributed by atoms with Crippen molar-refractivity contribution in [1.29, 1.82) is 0 Å². The maximum absolute atomic E-state index is 13.4. The van der Waals surface area contributed by atoms with Gasteiger partial charge in [-0.1, -0.05) is 12.1 Å². The number of hydrogen-bond acceptors (Lipinski definition) is 2. The molecule has 0 atom stereocenters. The van der Waals surface area contributed by atoms with Gasteiger partial charge in [-0.15, -0.1) is 6.58 Å². The molecule has 1 aliphatic rings. The highest BCUT2D eigenvalue weighted by Gasteiger charge is 2.27. The molecule has 6 nitrogen and oxygen atoms in total. The highest BCUT2D eigenvalue weighted by Crippen LogP contribution is 2.24. The Kier molecular flexibility index (Phi) is 6.43. The monoisotopic (exact) mass is 400 g/mol. The van der Waals surface area contributed by atoms with Crippen LogP contribution in [-0.2, 0) is 6.54 Å². The number of anilines is 2. The van der Waals surface area contributed by atoms with Crippen LogP contribution in [0.25, 0.3) is 0 Å². The summed E-state index contributed by atoms with van der Waals surface area (Å²) in [6.07, 6.45) is 2.28. The number of amides is 4. The molecule has 2 aromatic carbocycles. The fraction of sp³-hybridized carbons (Fsp3) is 0.238. The van der Waals surface area contributed by atoms with Crippen LogP contribution in [0.15, 0.2) is 55.1 Å². The zero-order chi connectivity index (χ0) is 20.8. The lowest BCUT2D eigenvalue weighted by Gasteiger charge is -2.36. The second kappa shape index (κ2) is 9.18. The van der Waals surface area contributed by atoms with Crippen molar-refractivity contribution in [2.45, 2.75) is 13.0 Å². The summed E-state index contributed by atoms with van der Waals surface area (Å²) in [5.41, 5.74) is 1.57. The largest absolute Gasteiger partial charge is 0.334 e. The van der Waals surface area contributed by atoms with E-state index in [1.54, 1.807) is 40.1 Å². The predicted octanol–water partition coefficient (Wildman–Crippen LogP) is 4.10. The Morgan fingerprint density at radius 1 is 1.14 bits per heavy atom. The van der Waals surface area contributed by atoms with E-state index in [2.05, 4.69) is 17.2 Å². The summed E-state index contributed by atoms with van der Waals surface area (Å²) in [6, 6.07) is 9.56. The van der Waals surface area contributed by atoms with Gasteiger partial charge >= 0.3 is 12.1 Å². The zero-order valence-corrected chi connectivity index (χ0v) is 15.8. The van der Waals surface area contributed by atoms with Gasteiger partial charge in [-0.25, -0.2) is 18.4 Å². The molecule has 1 saturated heterocycles. The molecule has 0 aliphatic carbocycles. The summed E-state index contributed by atoms with van der Waals surface area (Å²) < 4.78 is 26.9. The number of carbonyl (C=O) groups excluding carboxylic acids is 2. The van der Waals surface area contributed by atoms with Gasteiger partial charge in [0.2, 0.25) is 0 Å². The van der Waals surface area contributed by atoms with Crippen molar-refractivity contribution >= 4 is 23.4 Å². The Labute approximate surface area is 167 Å². The fourth-order valence-electron chi connectivity index (χ4n) is 3.18. The van der Waals surface area contributed by atoms with E-state index in [1.807, 2.05) is 0 Å². The van der Waals surface area contributed by atoms with Crippen LogP contribution in [0, 0.1) is 11.6 Å². The van der Waals surface area contributed by atoms with Gasteiger partial charge in [0.15, 0.2) is 0 Å². The molecular formula is C21H22F2N4O2. The average molecular weight is 400 g/mol. The third kappa shape index (κ3) is 5.31. The van der Waals surface area contributed by atoms with Gasteiger partial charge in [-0.05, 0) is 42.3 Å². The van der Waals surface area contributed by atoms with Crippen LogP contribution in [0.3, 0.4) is 0 Å². The molecule has 0 bridgehead atoms. The topological polar surface area (TPSA) is 64.7 Å². The van der Waals surface area contributed by atoms with Crippen molar-refractivity contribution < 1.29 is 18.4 Å². The van der Waals surface area contributed by atoms with E-state index < -0.39 is 11.6 Å². The van der Waals surface area contributed by atoms with Crippen molar-refractivity contribution in [2.24, 2.45) is 0 Å². The summed E-state index contributed by atoms with van der Waals surface area (Å²) >= 11 is 0. The summed E-state index contributed by atoms with van der Waals surface area (Å²) in [4.78, 5) is 27.9. The van der Waals surface area contributed by atoms with E-state index in [4.69, 9.17) is 0 Å². The van der Waals surface area contributed by atoms with Gasteiger partial charge in [0, 0.05) is 43.6 Å². The van der Waals surface area contributed by atoms with E-state index in [-0.39, 0.29) is 18.6 Å². The molecule has 152 valence electrons. The van der Waals surface area contributed by atoms with Crippen LogP contribution in [0.5, 0.6) is 0 Å². The smallest absolute Gasteiger partial charge is 0.324 e. The SMILES string of the molecule is C=CCNC(=O)Nc1cccc(N2CCCN(Cc3cc(F)cc(F)c3)C2=O)c1. The van der Waals surface area contributed by atoms with E-state index in [1.165, 1.54) is 12.1 Å². The summed E-state index contributed by atoms with van der Waals surface area (Å²) in [5, 5.41) is 5.32. The molecule has 0 aromatic heterocycles. The lowest BCUT2D eigenvalue weighted by Crippen LogP contribution is -2.49. The summed E-state index contributed by atoms with van der Waals surface area (Å²) in [6.45, 7) is 5.00. The Bertz CT molecular complexity index is 899. The second-order valence-corrected chi connectivity index (χ2v) is 6.66. The first-order valence-electron chi connectivity index (χ1n) is 9.23.